The molecule has 9 nitrogen and oxygen atoms in total. The van der Waals surface area contributed by atoms with Crippen molar-refractivity contribution in [1.82, 2.24) is 25.0 Å². The van der Waals surface area contributed by atoms with E-state index < -0.39 is 29.3 Å². The molecule has 0 aliphatic carbocycles. The first-order chi connectivity index (χ1) is 18.1. The quantitative estimate of drug-likeness (QED) is 0.311. The molecule has 0 aliphatic rings. The summed E-state index contributed by atoms with van der Waals surface area (Å²) in [6.07, 6.45) is 4.67. The highest BCUT2D eigenvalue weighted by Crippen LogP contribution is 2.36. The molecule has 0 radical (unpaired) electrons. The number of carbonyl (C=O) groups excluding carboxylic acids is 1. The van der Waals surface area contributed by atoms with Crippen LogP contribution in [-0.2, 0) is 10.9 Å². The Bertz CT molecular complexity index is 1510. The average Bonchev–Trinajstić information content (AvgIpc) is 3.40. The molecule has 0 aliphatic heterocycles. The number of hydrogen-bond acceptors (Lipinski definition) is 7. The molecule has 4 aromatic rings. The van der Waals surface area contributed by atoms with Crippen molar-refractivity contribution < 1.29 is 27.1 Å². The van der Waals surface area contributed by atoms with Gasteiger partial charge in [-0.3, -0.25) is 9.78 Å². The lowest BCUT2D eigenvalue weighted by Crippen LogP contribution is -2.17. The van der Waals surface area contributed by atoms with Gasteiger partial charge in [-0.2, -0.15) is 23.4 Å². The van der Waals surface area contributed by atoms with Gasteiger partial charge in [-0.15, -0.1) is 4.80 Å². The van der Waals surface area contributed by atoms with Crippen LogP contribution in [-0.4, -0.2) is 44.6 Å². The Balaban J connectivity index is 1.67. The Kier molecular flexibility index (Phi) is 7.69. The van der Waals surface area contributed by atoms with E-state index in [9.17, 15) is 18.0 Å². The summed E-state index contributed by atoms with van der Waals surface area (Å²) in [7, 11) is 1.51. The van der Waals surface area contributed by atoms with E-state index in [0.717, 1.165) is 12.3 Å². The van der Waals surface area contributed by atoms with Crippen molar-refractivity contribution in [2.24, 2.45) is 0 Å². The summed E-state index contributed by atoms with van der Waals surface area (Å²) in [5.41, 5.74) is 5.17. The summed E-state index contributed by atoms with van der Waals surface area (Å²) in [5.74, 6) is -2.38. The van der Waals surface area contributed by atoms with E-state index >= 15 is 4.39 Å². The molecule has 0 unspecified atom stereocenters. The maximum absolute atomic E-state index is 15.3. The molecule has 1 aromatic carbocycles. The minimum absolute atomic E-state index is 0.000571. The number of rotatable bonds is 7. The van der Waals surface area contributed by atoms with Crippen molar-refractivity contribution in [3.63, 3.8) is 0 Å². The van der Waals surface area contributed by atoms with E-state index in [1.54, 1.807) is 12.2 Å². The van der Waals surface area contributed by atoms with E-state index in [1.807, 2.05) is 0 Å². The number of methoxy groups -OCH3 is 1. The molecule has 1 amide bonds. The maximum atomic E-state index is 15.3. The second kappa shape index (κ2) is 10.9. The first-order valence-corrected chi connectivity index (χ1v) is 11.1. The lowest BCUT2D eigenvalue weighted by Gasteiger charge is -2.15. The number of pyridine rings is 2. The number of nitrogens with two attached hydrogens (primary N) is 1. The number of ether oxygens (including phenoxy) is 1. The molecule has 0 bridgehead atoms. The number of nitrogen functional groups attached to an aromatic ring is 1. The molecule has 38 heavy (non-hydrogen) atoms. The fourth-order valence-corrected chi connectivity index (χ4v) is 3.78. The number of nitrogens with zero attached hydrogens (tertiary/aromatic N) is 5. The molecule has 196 valence electrons. The van der Waals surface area contributed by atoms with Gasteiger partial charge < -0.3 is 15.8 Å². The third-order valence-electron chi connectivity index (χ3n) is 5.17. The van der Waals surface area contributed by atoms with Gasteiger partial charge >= 0.3 is 6.18 Å². The fourth-order valence-electron chi connectivity index (χ4n) is 3.53. The van der Waals surface area contributed by atoms with Gasteiger partial charge in [-0.1, -0.05) is 23.8 Å². The van der Waals surface area contributed by atoms with Crippen LogP contribution in [0.15, 0.2) is 55.3 Å². The SMILES string of the molecule is COC/C=C/c1cncc(N)c1-c1cc(Cl)c(C(=O)Nc2cnc(-n3nccn3)c(C(F)(F)F)c2)cc1F. The number of nitrogens with one attached hydrogen (secondary N) is 1. The predicted octanol–water partition coefficient (Wildman–Crippen LogP) is 5.03. The summed E-state index contributed by atoms with van der Waals surface area (Å²) >= 11 is 6.30. The van der Waals surface area contributed by atoms with Crippen LogP contribution < -0.4 is 11.1 Å². The van der Waals surface area contributed by atoms with Crippen LogP contribution in [0, 0.1) is 5.82 Å². The number of benzene rings is 1. The number of anilines is 2. The van der Waals surface area contributed by atoms with Gasteiger partial charge in [0.1, 0.15) is 11.4 Å². The largest absolute Gasteiger partial charge is 0.420 e. The molecule has 0 fully saturated rings. The highest BCUT2D eigenvalue weighted by Gasteiger charge is 2.36. The van der Waals surface area contributed by atoms with Crippen molar-refractivity contribution in [2.45, 2.75) is 6.18 Å². The minimum atomic E-state index is -4.83. The van der Waals surface area contributed by atoms with Crippen LogP contribution in [0.2, 0.25) is 5.02 Å². The van der Waals surface area contributed by atoms with Gasteiger partial charge in [0.15, 0.2) is 5.82 Å². The van der Waals surface area contributed by atoms with E-state index in [2.05, 4.69) is 25.5 Å². The van der Waals surface area contributed by atoms with Gasteiger partial charge in [-0.05, 0) is 18.2 Å². The molecular weight excluding hydrogens is 530 g/mol. The Labute approximate surface area is 217 Å². The minimum Gasteiger partial charge on any atom is -0.397 e. The van der Waals surface area contributed by atoms with Crippen molar-refractivity contribution in [3.05, 3.63) is 82.8 Å². The Morgan fingerprint density at radius 3 is 2.61 bits per heavy atom. The van der Waals surface area contributed by atoms with Crippen LogP contribution in [0.3, 0.4) is 0 Å². The molecule has 3 aromatic heterocycles. The lowest BCUT2D eigenvalue weighted by molar-refractivity contribution is -0.137. The standard InChI is InChI=1S/C24H18ClF4N7O2/c1-38-6-2-3-13-10-31-12-20(30)21(13)16-8-18(25)15(9-19(16)26)23(37)35-14-7-17(24(27,28)29)22(32-11-14)36-33-4-5-34-36/h2-5,7-12H,6,30H2,1H3,(H,35,37)/b3-2+. The summed E-state index contributed by atoms with van der Waals surface area (Å²) in [5, 5.41) is 9.42. The van der Waals surface area contributed by atoms with Crippen molar-refractivity contribution in [2.75, 3.05) is 24.8 Å². The number of halogens is 5. The number of hydrogen-bond donors (Lipinski definition) is 2. The normalized spacial score (nSPS) is 11.7. The molecule has 3 heterocycles. The first-order valence-electron chi connectivity index (χ1n) is 10.7. The van der Waals surface area contributed by atoms with Crippen LogP contribution >= 0.6 is 11.6 Å². The Morgan fingerprint density at radius 1 is 1.18 bits per heavy atom. The number of amides is 1. The summed E-state index contributed by atoms with van der Waals surface area (Å²) in [4.78, 5) is 21.3. The monoisotopic (exact) mass is 547 g/mol. The third-order valence-corrected chi connectivity index (χ3v) is 5.49. The summed E-state index contributed by atoms with van der Waals surface area (Å²) in [6.45, 7) is 0.293. The number of alkyl halides is 3. The van der Waals surface area contributed by atoms with Crippen LogP contribution in [0.5, 0.6) is 0 Å². The molecular formula is C24H18ClF4N7O2. The zero-order chi connectivity index (χ0) is 27.4. The van der Waals surface area contributed by atoms with Crippen molar-refractivity contribution in [1.29, 1.82) is 0 Å². The zero-order valence-corrected chi connectivity index (χ0v) is 20.3. The van der Waals surface area contributed by atoms with Crippen molar-refractivity contribution >= 4 is 35.0 Å². The first kappa shape index (κ1) is 26.7. The lowest BCUT2D eigenvalue weighted by atomic mass is 9.97. The van der Waals surface area contributed by atoms with Crippen LogP contribution in [0.1, 0.15) is 21.5 Å². The molecule has 0 saturated heterocycles. The Morgan fingerprint density at radius 2 is 1.92 bits per heavy atom. The second-order valence-corrected chi connectivity index (χ2v) is 8.14. The van der Waals surface area contributed by atoms with Gasteiger partial charge in [0.25, 0.3) is 5.91 Å². The van der Waals surface area contributed by atoms with Gasteiger partial charge in [0, 0.05) is 30.0 Å². The molecule has 0 spiro atoms. The molecule has 0 saturated carbocycles. The van der Waals surface area contributed by atoms with Gasteiger partial charge in [-0.25, -0.2) is 9.37 Å². The van der Waals surface area contributed by atoms with Gasteiger partial charge in [0.2, 0.25) is 0 Å². The fraction of sp³-hybridized carbons (Fsp3) is 0.125. The van der Waals surface area contributed by atoms with E-state index in [-0.39, 0.29) is 27.5 Å². The smallest absolute Gasteiger partial charge is 0.397 e. The van der Waals surface area contributed by atoms with Crippen molar-refractivity contribution in [3.8, 4) is 16.9 Å². The third kappa shape index (κ3) is 5.63. The molecule has 14 heteroatoms. The highest BCUT2D eigenvalue weighted by molar-refractivity contribution is 6.34. The van der Waals surface area contributed by atoms with Crippen LogP contribution in [0.25, 0.3) is 23.0 Å². The van der Waals surface area contributed by atoms with E-state index in [1.165, 1.54) is 38.0 Å². The topological polar surface area (TPSA) is 121 Å². The van der Waals surface area contributed by atoms with Crippen LogP contribution in [0.4, 0.5) is 28.9 Å². The second-order valence-electron chi connectivity index (χ2n) is 7.73. The highest BCUT2D eigenvalue weighted by atomic mass is 35.5. The molecule has 0 atom stereocenters. The number of carbonyl (C=O) groups is 1. The summed E-state index contributed by atoms with van der Waals surface area (Å²) in [6, 6.07) is 2.74. The predicted molar refractivity (Wildman–Crippen MR) is 132 cm³/mol. The Hall–Kier alpha value is -4.36. The average molecular weight is 548 g/mol. The maximum Gasteiger partial charge on any atom is 0.420 e. The molecule has 4 rings (SSSR count). The summed E-state index contributed by atoms with van der Waals surface area (Å²) < 4.78 is 61.2. The molecule has 3 N–H and O–H groups in total. The van der Waals surface area contributed by atoms with Gasteiger partial charge in [0.05, 0.1) is 53.4 Å². The zero-order valence-electron chi connectivity index (χ0n) is 19.5. The van der Waals surface area contributed by atoms with E-state index in [0.29, 0.717) is 28.6 Å². The van der Waals surface area contributed by atoms with E-state index in [4.69, 9.17) is 22.1 Å². The number of aromatic nitrogens is 5.